The largest absolute Gasteiger partial charge is 0.488 e. The van der Waals surface area contributed by atoms with Crippen molar-refractivity contribution in [2.24, 2.45) is 0 Å². The van der Waals surface area contributed by atoms with Gasteiger partial charge in [-0.3, -0.25) is 4.79 Å². The molecule has 0 aliphatic carbocycles. The molecule has 2 aliphatic rings. The quantitative estimate of drug-likeness (QED) is 0.475. The zero-order valence-corrected chi connectivity index (χ0v) is 21.4. The number of hydrogen-bond donors (Lipinski definition) is 1. The Morgan fingerprint density at radius 3 is 2.83 bits per heavy atom. The van der Waals surface area contributed by atoms with Crippen molar-refractivity contribution in [3.8, 4) is 5.75 Å². The van der Waals surface area contributed by atoms with E-state index in [2.05, 4.69) is 19.2 Å². The number of carbonyl (C=O) groups excluding carboxylic acids is 1. The summed E-state index contributed by atoms with van der Waals surface area (Å²) < 4.78 is 33.8. The molecule has 2 aromatic rings. The summed E-state index contributed by atoms with van der Waals surface area (Å²) in [5, 5.41) is 4.08. The highest BCUT2D eigenvalue weighted by atomic mass is 19.1. The smallest absolute Gasteiger partial charge is 0.274 e. The molecule has 8 heteroatoms. The summed E-state index contributed by atoms with van der Waals surface area (Å²) in [4.78, 5) is 16.3. The molecular weight excluding hydrogens is 449 g/mol. The monoisotopic (exact) mass is 489 g/mol. The van der Waals surface area contributed by atoms with E-state index >= 15 is 0 Å². The van der Waals surface area contributed by atoms with Crippen molar-refractivity contribution < 1.29 is 23.4 Å². The third kappa shape index (κ3) is 5.98. The maximum absolute atomic E-state index is 14.4. The first-order valence-corrected chi connectivity index (χ1v) is 13.1. The fourth-order valence-corrected chi connectivity index (χ4v) is 5.37. The summed E-state index contributed by atoms with van der Waals surface area (Å²) in [5.74, 6) is 0.0766. The zero-order chi connectivity index (χ0) is 24.8. The molecule has 7 nitrogen and oxygen atoms in total. The highest BCUT2D eigenvalue weighted by Gasteiger charge is 2.34. The molecule has 0 saturated carbocycles. The first-order chi connectivity index (χ1) is 17.0. The SMILES string of the molecule is COCCCCn1c(C(=O)N(C(C)C)[C@@H]2CCCNC2)c(OCC2CCCO2)c2cc(F)ccc21. The molecule has 0 spiro atoms. The third-order valence-electron chi connectivity index (χ3n) is 7.05. The van der Waals surface area contributed by atoms with E-state index in [0.717, 1.165) is 63.7 Å². The van der Waals surface area contributed by atoms with Gasteiger partial charge < -0.3 is 29.0 Å². The lowest BCUT2D eigenvalue weighted by atomic mass is 10.0. The van der Waals surface area contributed by atoms with Crippen LogP contribution in [-0.2, 0) is 16.0 Å². The molecule has 4 rings (SSSR count). The molecule has 1 unspecified atom stereocenters. The van der Waals surface area contributed by atoms with Crippen LogP contribution in [0.3, 0.4) is 0 Å². The Morgan fingerprint density at radius 2 is 2.14 bits per heavy atom. The van der Waals surface area contributed by atoms with Crippen LogP contribution in [0.4, 0.5) is 4.39 Å². The molecule has 0 radical (unpaired) electrons. The predicted octanol–water partition coefficient (Wildman–Crippen LogP) is 4.37. The van der Waals surface area contributed by atoms with Crippen LogP contribution in [0.15, 0.2) is 18.2 Å². The molecule has 1 amide bonds. The van der Waals surface area contributed by atoms with Gasteiger partial charge in [-0.05, 0) is 77.1 Å². The van der Waals surface area contributed by atoms with Crippen molar-refractivity contribution in [2.45, 2.75) is 77.1 Å². The van der Waals surface area contributed by atoms with Gasteiger partial charge in [-0.15, -0.1) is 0 Å². The Bertz CT molecular complexity index is 980. The molecule has 2 aliphatic heterocycles. The number of nitrogens with one attached hydrogen (secondary N) is 1. The van der Waals surface area contributed by atoms with E-state index in [1.165, 1.54) is 12.1 Å². The van der Waals surface area contributed by atoms with E-state index in [1.807, 2.05) is 9.47 Å². The Kier molecular flexibility index (Phi) is 9.03. The second-order valence-corrected chi connectivity index (χ2v) is 9.94. The number of piperidine rings is 1. The summed E-state index contributed by atoms with van der Waals surface area (Å²) in [6, 6.07) is 4.84. The van der Waals surface area contributed by atoms with Gasteiger partial charge in [0, 0.05) is 50.9 Å². The summed E-state index contributed by atoms with van der Waals surface area (Å²) in [6.07, 6.45) is 5.64. The van der Waals surface area contributed by atoms with Crippen molar-refractivity contribution in [3.05, 3.63) is 29.7 Å². The van der Waals surface area contributed by atoms with Crippen molar-refractivity contribution in [2.75, 3.05) is 40.0 Å². The maximum Gasteiger partial charge on any atom is 0.274 e. The summed E-state index contributed by atoms with van der Waals surface area (Å²) in [7, 11) is 1.69. The van der Waals surface area contributed by atoms with E-state index in [9.17, 15) is 9.18 Å². The average Bonchev–Trinajstić information content (AvgIpc) is 3.47. The molecule has 0 bridgehead atoms. The van der Waals surface area contributed by atoms with Crippen LogP contribution in [0.5, 0.6) is 5.75 Å². The molecule has 2 saturated heterocycles. The van der Waals surface area contributed by atoms with E-state index in [1.54, 1.807) is 13.2 Å². The third-order valence-corrected chi connectivity index (χ3v) is 7.05. The molecular formula is C27H40FN3O4. The number of benzene rings is 1. The molecule has 35 heavy (non-hydrogen) atoms. The van der Waals surface area contributed by atoms with Crippen LogP contribution < -0.4 is 10.1 Å². The number of rotatable bonds is 11. The molecule has 194 valence electrons. The Labute approximate surface area is 207 Å². The summed E-state index contributed by atoms with van der Waals surface area (Å²) in [5.41, 5.74) is 1.33. The number of aryl methyl sites for hydroxylation is 1. The highest BCUT2D eigenvalue weighted by molar-refractivity contribution is 6.04. The molecule has 1 N–H and O–H groups in total. The molecule has 2 atom stereocenters. The lowest BCUT2D eigenvalue weighted by molar-refractivity contribution is 0.0537. The second kappa shape index (κ2) is 12.2. The Morgan fingerprint density at radius 1 is 1.29 bits per heavy atom. The number of amides is 1. The van der Waals surface area contributed by atoms with E-state index < -0.39 is 0 Å². The van der Waals surface area contributed by atoms with Crippen LogP contribution in [0.2, 0.25) is 0 Å². The lowest BCUT2D eigenvalue weighted by Crippen LogP contribution is -2.52. The zero-order valence-electron chi connectivity index (χ0n) is 21.4. The minimum Gasteiger partial charge on any atom is -0.488 e. The van der Waals surface area contributed by atoms with Crippen molar-refractivity contribution in [1.29, 1.82) is 0 Å². The van der Waals surface area contributed by atoms with Crippen LogP contribution in [0, 0.1) is 5.82 Å². The fourth-order valence-electron chi connectivity index (χ4n) is 5.37. The fraction of sp³-hybridized carbons (Fsp3) is 0.667. The number of hydrogen-bond acceptors (Lipinski definition) is 5. The van der Waals surface area contributed by atoms with E-state index in [4.69, 9.17) is 14.2 Å². The van der Waals surface area contributed by atoms with Gasteiger partial charge in [-0.2, -0.15) is 0 Å². The van der Waals surface area contributed by atoms with Crippen molar-refractivity contribution >= 4 is 16.8 Å². The topological polar surface area (TPSA) is 65.0 Å². The molecule has 1 aromatic carbocycles. The molecule has 2 fully saturated rings. The Balaban J connectivity index is 1.77. The number of unbranched alkanes of at least 4 members (excludes halogenated alkanes) is 1. The van der Waals surface area contributed by atoms with Gasteiger partial charge in [0.05, 0.1) is 11.6 Å². The number of carbonyl (C=O) groups is 1. The first kappa shape index (κ1) is 25.9. The van der Waals surface area contributed by atoms with Gasteiger partial charge in [-0.25, -0.2) is 4.39 Å². The minimum atomic E-state index is -0.341. The van der Waals surface area contributed by atoms with Crippen LogP contribution in [0.1, 0.15) is 62.9 Å². The average molecular weight is 490 g/mol. The van der Waals surface area contributed by atoms with Crippen LogP contribution in [-0.4, -0.2) is 73.6 Å². The number of nitrogens with zero attached hydrogens (tertiary/aromatic N) is 2. The number of aromatic nitrogens is 1. The van der Waals surface area contributed by atoms with Crippen molar-refractivity contribution in [1.82, 2.24) is 14.8 Å². The van der Waals surface area contributed by atoms with Gasteiger partial charge in [0.15, 0.2) is 11.4 Å². The van der Waals surface area contributed by atoms with Gasteiger partial charge in [0.25, 0.3) is 5.91 Å². The summed E-state index contributed by atoms with van der Waals surface area (Å²) >= 11 is 0. The Hall–Kier alpha value is -2.16. The van der Waals surface area contributed by atoms with Gasteiger partial charge in [0.1, 0.15) is 12.4 Å². The predicted molar refractivity (Wildman–Crippen MR) is 135 cm³/mol. The van der Waals surface area contributed by atoms with Gasteiger partial charge in [0.2, 0.25) is 0 Å². The number of halogens is 1. The molecule has 3 heterocycles. The normalized spacial score (nSPS) is 20.6. The number of methoxy groups -OCH3 is 1. The minimum absolute atomic E-state index is 0.00430. The standard InChI is InChI=1S/C27H40FN3O4/c1-19(2)31(21-8-6-12-29-17-21)27(32)25-26(35-18-22-9-7-15-34-22)23-16-20(28)10-11-24(23)30(25)13-4-5-14-33-3/h10-11,16,19,21-22,29H,4-9,12-15,17-18H2,1-3H3/t21-,22?/m1/s1. The first-order valence-electron chi connectivity index (χ1n) is 13.1. The second-order valence-electron chi connectivity index (χ2n) is 9.94. The number of ether oxygens (including phenoxy) is 3. The van der Waals surface area contributed by atoms with Gasteiger partial charge in [-0.1, -0.05) is 0 Å². The van der Waals surface area contributed by atoms with Gasteiger partial charge >= 0.3 is 0 Å². The van der Waals surface area contributed by atoms with Crippen LogP contribution >= 0.6 is 0 Å². The maximum atomic E-state index is 14.4. The van der Waals surface area contributed by atoms with E-state index in [-0.39, 0.29) is 29.9 Å². The van der Waals surface area contributed by atoms with Crippen molar-refractivity contribution in [3.63, 3.8) is 0 Å². The molecule has 1 aromatic heterocycles. The van der Waals surface area contributed by atoms with Crippen LogP contribution in [0.25, 0.3) is 10.9 Å². The van der Waals surface area contributed by atoms with E-state index in [0.29, 0.717) is 36.6 Å². The lowest BCUT2D eigenvalue weighted by Gasteiger charge is -2.38. The highest BCUT2D eigenvalue weighted by Crippen LogP contribution is 2.37. The summed E-state index contributed by atoms with van der Waals surface area (Å²) in [6.45, 7) is 8.24. The number of fused-ring (bicyclic) bond motifs is 1.